The maximum Gasteiger partial charge on any atom is 0.343 e. The number of carbonyl (C=O) groups excluding carboxylic acids is 2. The van der Waals surface area contributed by atoms with Gasteiger partial charge in [-0.05, 0) is 86.8 Å². The highest BCUT2D eigenvalue weighted by molar-refractivity contribution is 5.75. The van der Waals surface area contributed by atoms with Crippen LogP contribution in [-0.2, 0) is 31.9 Å². The zero-order valence-electron chi connectivity index (χ0n) is 20.7. The van der Waals surface area contributed by atoms with Crippen LogP contribution in [0, 0.1) is 17.8 Å². The molecular weight excluding hydrogens is 432 g/mol. The van der Waals surface area contributed by atoms with Crippen molar-refractivity contribution in [2.75, 3.05) is 13.7 Å². The number of hydrogen-bond donors (Lipinski definition) is 1. The molecule has 0 aromatic heterocycles. The van der Waals surface area contributed by atoms with Crippen LogP contribution >= 0.6 is 0 Å². The average Bonchev–Trinajstić information content (AvgIpc) is 3.62. The Morgan fingerprint density at radius 3 is 2.59 bits per heavy atom. The molecule has 0 bridgehead atoms. The molecule has 4 atom stereocenters. The zero-order valence-corrected chi connectivity index (χ0v) is 20.7. The second-order valence-corrected chi connectivity index (χ2v) is 10.7. The first-order valence-corrected chi connectivity index (χ1v) is 13.1. The monoisotopic (exact) mass is 472 g/mol. The Hall–Kier alpha value is -2.08. The molecular formula is C28H40O6. The van der Waals surface area contributed by atoms with E-state index in [2.05, 4.69) is 13.0 Å². The first-order valence-electron chi connectivity index (χ1n) is 13.1. The van der Waals surface area contributed by atoms with Crippen LogP contribution in [0.1, 0.15) is 82.3 Å². The van der Waals surface area contributed by atoms with Crippen molar-refractivity contribution >= 4 is 11.9 Å². The van der Waals surface area contributed by atoms with Crippen molar-refractivity contribution in [2.24, 2.45) is 17.8 Å². The number of benzene rings is 1. The Labute approximate surface area is 203 Å². The van der Waals surface area contributed by atoms with Gasteiger partial charge in [0, 0.05) is 0 Å². The summed E-state index contributed by atoms with van der Waals surface area (Å²) in [6.07, 6.45) is 10.6. The molecule has 34 heavy (non-hydrogen) atoms. The minimum atomic E-state index is -0.476. The van der Waals surface area contributed by atoms with Crippen LogP contribution in [-0.4, -0.2) is 42.5 Å². The van der Waals surface area contributed by atoms with Gasteiger partial charge in [0.15, 0.2) is 6.61 Å². The number of carbonyl (C=O) groups is 2. The second kappa shape index (κ2) is 11.1. The molecule has 6 nitrogen and oxygen atoms in total. The van der Waals surface area contributed by atoms with Crippen molar-refractivity contribution in [2.45, 2.75) is 95.7 Å². The van der Waals surface area contributed by atoms with Crippen molar-refractivity contribution in [1.82, 2.24) is 0 Å². The molecule has 1 aromatic rings. The van der Waals surface area contributed by atoms with Crippen LogP contribution in [0.2, 0.25) is 0 Å². The number of unbranched alkanes of at least 4 members (excludes halogenated alkanes) is 2. The van der Waals surface area contributed by atoms with Gasteiger partial charge in [-0.25, -0.2) is 4.79 Å². The van der Waals surface area contributed by atoms with Crippen LogP contribution < -0.4 is 4.74 Å². The third-order valence-electron chi connectivity index (χ3n) is 7.99. The fourth-order valence-electron chi connectivity index (χ4n) is 5.92. The summed E-state index contributed by atoms with van der Waals surface area (Å²) in [6.45, 7) is 2.07. The molecule has 0 aliphatic heterocycles. The van der Waals surface area contributed by atoms with Gasteiger partial charge in [0.2, 0.25) is 0 Å². The summed E-state index contributed by atoms with van der Waals surface area (Å²) in [5.74, 6) is 1.24. The van der Waals surface area contributed by atoms with Gasteiger partial charge < -0.3 is 19.3 Å². The molecule has 188 valence electrons. The van der Waals surface area contributed by atoms with Crippen molar-refractivity contribution in [3.8, 4) is 5.75 Å². The smallest absolute Gasteiger partial charge is 0.343 e. The van der Waals surface area contributed by atoms with Gasteiger partial charge in [-0.15, -0.1) is 0 Å². The minimum absolute atomic E-state index is 0.0428. The fraction of sp³-hybridized carbons (Fsp3) is 0.714. The number of methoxy groups -OCH3 is 1. The first kappa shape index (κ1) is 25.0. The van der Waals surface area contributed by atoms with Gasteiger partial charge in [0.1, 0.15) is 11.4 Å². The lowest BCUT2D eigenvalue weighted by Gasteiger charge is -2.31. The molecule has 0 spiro atoms. The highest BCUT2D eigenvalue weighted by Crippen LogP contribution is 2.51. The minimum Gasteiger partial charge on any atom is -0.482 e. The quantitative estimate of drug-likeness (QED) is 0.348. The number of aliphatic hydroxyl groups excluding tert-OH is 1. The molecule has 0 saturated heterocycles. The highest BCUT2D eigenvalue weighted by Gasteiger charge is 2.50. The summed E-state index contributed by atoms with van der Waals surface area (Å²) in [7, 11) is 1.36. The molecule has 0 radical (unpaired) electrons. The lowest BCUT2D eigenvalue weighted by molar-refractivity contribution is -0.163. The van der Waals surface area contributed by atoms with E-state index in [1.807, 2.05) is 12.1 Å². The molecule has 1 aromatic carbocycles. The summed E-state index contributed by atoms with van der Waals surface area (Å²) in [6, 6.07) is 6.04. The summed E-state index contributed by atoms with van der Waals surface area (Å²) in [5.41, 5.74) is 1.94. The van der Waals surface area contributed by atoms with Crippen LogP contribution in [0.25, 0.3) is 0 Å². The van der Waals surface area contributed by atoms with Gasteiger partial charge in [-0.2, -0.15) is 0 Å². The van der Waals surface area contributed by atoms with E-state index >= 15 is 0 Å². The van der Waals surface area contributed by atoms with E-state index in [1.54, 1.807) is 0 Å². The Bertz CT molecular complexity index is 862. The largest absolute Gasteiger partial charge is 0.482 e. The number of hydrogen-bond acceptors (Lipinski definition) is 6. The van der Waals surface area contributed by atoms with Crippen LogP contribution in [0.4, 0.5) is 0 Å². The summed E-state index contributed by atoms with van der Waals surface area (Å²) < 4.78 is 16.8. The molecule has 3 aliphatic carbocycles. The molecule has 0 heterocycles. The topological polar surface area (TPSA) is 82.1 Å². The van der Waals surface area contributed by atoms with Crippen molar-refractivity contribution in [3.63, 3.8) is 0 Å². The summed E-state index contributed by atoms with van der Waals surface area (Å²) >= 11 is 0. The Balaban J connectivity index is 1.45. The summed E-state index contributed by atoms with van der Waals surface area (Å²) in [4.78, 5) is 24.3. The van der Waals surface area contributed by atoms with Crippen LogP contribution in [0.15, 0.2) is 18.2 Å². The maximum atomic E-state index is 12.7. The molecule has 0 amide bonds. The van der Waals surface area contributed by atoms with Crippen molar-refractivity contribution < 1.29 is 28.9 Å². The predicted molar refractivity (Wildman–Crippen MR) is 129 cm³/mol. The third-order valence-corrected chi connectivity index (χ3v) is 7.99. The van der Waals surface area contributed by atoms with Gasteiger partial charge in [-0.3, -0.25) is 4.79 Å². The number of ether oxygens (including phenoxy) is 3. The van der Waals surface area contributed by atoms with Crippen LogP contribution in [0.5, 0.6) is 5.75 Å². The van der Waals surface area contributed by atoms with Gasteiger partial charge >= 0.3 is 11.9 Å². The second-order valence-electron chi connectivity index (χ2n) is 10.7. The molecule has 3 aliphatic rings. The molecule has 6 heteroatoms. The Morgan fingerprint density at radius 1 is 1.12 bits per heavy atom. The normalized spacial score (nSPS) is 26.3. The lowest BCUT2D eigenvalue weighted by Crippen LogP contribution is -2.34. The van der Waals surface area contributed by atoms with E-state index in [0.29, 0.717) is 18.3 Å². The number of fused-ring (bicyclic) bond motifs is 2. The average molecular weight is 473 g/mol. The molecule has 2 saturated carbocycles. The van der Waals surface area contributed by atoms with E-state index in [-0.39, 0.29) is 24.6 Å². The van der Waals surface area contributed by atoms with Gasteiger partial charge in [0.05, 0.1) is 19.1 Å². The number of rotatable bonds is 12. The standard InChI is InChI=1S/C28H40O6/c1-3-4-5-8-23(29)12-13-28(34-27(31)19-10-11-19)16-21-14-20-7-6-9-25(33-18-26(30)32-2)24(20)15-22(21)17-28/h6-7,9,19,21-23,29H,3-5,8,10-18H2,1-2H3/t21-,22+,23-,28+/m1/s1. The Morgan fingerprint density at radius 2 is 1.88 bits per heavy atom. The van der Waals surface area contributed by atoms with E-state index in [9.17, 15) is 14.7 Å². The zero-order chi connectivity index (χ0) is 24.1. The van der Waals surface area contributed by atoms with Crippen molar-refractivity contribution in [3.05, 3.63) is 29.3 Å². The van der Waals surface area contributed by atoms with Gasteiger partial charge in [-0.1, -0.05) is 38.3 Å². The summed E-state index contributed by atoms with van der Waals surface area (Å²) in [5, 5.41) is 10.6. The predicted octanol–water partition coefficient (Wildman–Crippen LogP) is 4.78. The van der Waals surface area contributed by atoms with Crippen molar-refractivity contribution in [1.29, 1.82) is 0 Å². The van der Waals surface area contributed by atoms with E-state index < -0.39 is 11.6 Å². The Kier molecular flexibility index (Phi) is 8.18. The first-order chi connectivity index (χ1) is 16.4. The number of aliphatic hydroxyl groups is 1. The SMILES string of the molecule is CCCCC[C@@H](O)CC[C@]1(OC(=O)C2CC2)C[C@H]2Cc3cccc(OCC(=O)OC)c3C[C@H]2C1. The van der Waals surface area contributed by atoms with E-state index in [4.69, 9.17) is 14.2 Å². The molecule has 1 N–H and O–H groups in total. The fourth-order valence-corrected chi connectivity index (χ4v) is 5.92. The molecule has 0 unspecified atom stereocenters. The third kappa shape index (κ3) is 6.12. The van der Waals surface area contributed by atoms with E-state index in [0.717, 1.165) is 81.9 Å². The molecule has 2 fully saturated rings. The highest BCUT2D eigenvalue weighted by atomic mass is 16.6. The van der Waals surface area contributed by atoms with E-state index in [1.165, 1.54) is 12.7 Å². The number of esters is 2. The molecule has 4 rings (SSSR count). The maximum absolute atomic E-state index is 12.7. The van der Waals surface area contributed by atoms with Gasteiger partial charge in [0.25, 0.3) is 0 Å². The van der Waals surface area contributed by atoms with Crippen LogP contribution in [0.3, 0.4) is 0 Å². The lowest BCUT2D eigenvalue weighted by atomic mass is 9.77.